The summed E-state index contributed by atoms with van der Waals surface area (Å²) < 4.78 is 5.95. The van der Waals surface area contributed by atoms with Gasteiger partial charge in [-0.1, -0.05) is 11.6 Å². The Morgan fingerprint density at radius 1 is 1.53 bits per heavy atom. The summed E-state index contributed by atoms with van der Waals surface area (Å²) in [6, 6.07) is 3.24. The Morgan fingerprint density at radius 3 is 2.80 bits per heavy atom. The molecule has 1 aromatic heterocycles. The maximum absolute atomic E-state index is 11.0. The van der Waals surface area contributed by atoms with Gasteiger partial charge in [-0.2, -0.15) is 0 Å². The minimum absolute atomic E-state index is 0.175. The van der Waals surface area contributed by atoms with Gasteiger partial charge in [0.05, 0.1) is 0 Å². The Morgan fingerprint density at radius 2 is 2.20 bits per heavy atom. The molecule has 0 amide bonds. The summed E-state index contributed by atoms with van der Waals surface area (Å²) in [5, 5.41) is 10.1. The van der Waals surface area contributed by atoms with Gasteiger partial charge in [0.1, 0.15) is 16.9 Å². The van der Waals surface area contributed by atoms with Gasteiger partial charge in [-0.05, 0) is 28.9 Å². The lowest BCUT2D eigenvalue weighted by atomic mass is 10.1. The van der Waals surface area contributed by atoms with E-state index in [2.05, 4.69) is 15.9 Å². The molecule has 0 saturated heterocycles. The monoisotopic (exact) mass is 288 g/mol. The van der Waals surface area contributed by atoms with Crippen LogP contribution in [0.2, 0.25) is 5.02 Å². The molecule has 0 spiro atoms. The molecule has 0 bridgehead atoms. The van der Waals surface area contributed by atoms with Crippen LogP contribution in [0.5, 0.6) is 0 Å². The number of carboxylic acid groups (broad SMARTS) is 1. The molecule has 2 rings (SSSR count). The number of fused-ring (bicyclic) bond motifs is 1. The second-order valence-corrected chi connectivity index (χ2v) is 4.39. The van der Waals surface area contributed by atoms with Crippen molar-refractivity contribution in [1.29, 1.82) is 0 Å². The fourth-order valence-electron chi connectivity index (χ4n) is 1.52. The Bertz CT molecular complexity index is 559. The molecule has 1 N–H and O–H groups in total. The van der Waals surface area contributed by atoms with Crippen molar-refractivity contribution in [2.75, 3.05) is 0 Å². The summed E-state index contributed by atoms with van der Waals surface area (Å²) in [4.78, 5) is 11.0. The number of hydrogen-bond donors (Lipinski definition) is 1. The van der Waals surface area contributed by atoms with Crippen LogP contribution in [0.15, 0.2) is 21.0 Å². The molecule has 15 heavy (non-hydrogen) atoms. The maximum atomic E-state index is 11.0. The predicted octanol–water partition coefficient (Wildman–Crippen LogP) is 3.86. The molecule has 0 unspecified atom stereocenters. The number of halogens is 2. The highest BCUT2D eigenvalue weighted by molar-refractivity contribution is 9.10. The van der Waals surface area contributed by atoms with Crippen molar-refractivity contribution in [3.05, 3.63) is 33.0 Å². The summed E-state index contributed by atoms with van der Waals surface area (Å²) in [7, 11) is 0. The van der Waals surface area contributed by atoms with Crippen molar-refractivity contribution in [2.24, 2.45) is 0 Å². The maximum Gasteiger partial charge on any atom is 0.339 e. The van der Waals surface area contributed by atoms with Crippen LogP contribution in [0, 0.1) is 6.92 Å². The van der Waals surface area contributed by atoms with Crippen molar-refractivity contribution >= 4 is 44.5 Å². The largest absolute Gasteiger partial charge is 0.478 e. The zero-order chi connectivity index (χ0) is 11.2. The summed E-state index contributed by atoms with van der Waals surface area (Å²) in [6.07, 6.45) is 0. The molecule has 1 heterocycles. The first-order chi connectivity index (χ1) is 7.00. The first-order valence-electron chi connectivity index (χ1n) is 4.12. The fraction of sp³-hybridized carbons (Fsp3) is 0.100. The van der Waals surface area contributed by atoms with Crippen LogP contribution in [0.4, 0.5) is 0 Å². The van der Waals surface area contributed by atoms with Gasteiger partial charge in [0.15, 0.2) is 0 Å². The van der Waals surface area contributed by atoms with Crippen LogP contribution < -0.4 is 0 Å². The molecule has 0 fully saturated rings. The predicted molar refractivity (Wildman–Crippen MR) is 60.6 cm³/mol. The lowest BCUT2D eigenvalue weighted by Gasteiger charge is -1.96. The molecule has 0 aliphatic carbocycles. The van der Waals surface area contributed by atoms with E-state index in [4.69, 9.17) is 21.1 Å². The van der Waals surface area contributed by atoms with Crippen molar-refractivity contribution in [2.45, 2.75) is 6.92 Å². The van der Waals surface area contributed by atoms with Crippen molar-refractivity contribution in [3.8, 4) is 0 Å². The van der Waals surface area contributed by atoms with Crippen LogP contribution in [0.3, 0.4) is 0 Å². The summed E-state index contributed by atoms with van der Waals surface area (Å²) >= 11 is 9.10. The summed E-state index contributed by atoms with van der Waals surface area (Å²) in [5.74, 6) is -0.630. The lowest BCUT2D eigenvalue weighted by Crippen LogP contribution is -1.96. The third-order valence-electron chi connectivity index (χ3n) is 2.10. The van der Waals surface area contributed by atoms with Gasteiger partial charge in [0.2, 0.25) is 0 Å². The molecule has 0 atom stereocenters. The number of benzene rings is 1. The van der Waals surface area contributed by atoms with Crippen LogP contribution in [-0.2, 0) is 0 Å². The average molecular weight is 290 g/mol. The molecule has 0 aliphatic rings. The second kappa shape index (κ2) is 3.54. The van der Waals surface area contributed by atoms with Gasteiger partial charge >= 0.3 is 5.97 Å². The minimum atomic E-state index is -1.01. The molecule has 1 aromatic carbocycles. The molecule has 0 saturated carbocycles. The Kier molecular flexibility index (Phi) is 2.48. The number of aryl methyl sites for hydroxylation is 1. The van der Waals surface area contributed by atoms with E-state index in [1.807, 2.05) is 0 Å². The molecule has 0 aliphatic heterocycles. The molecular formula is C10H6BrClO3. The van der Waals surface area contributed by atoms with Gasteiger partial charge in [0, 0.05) is 20.9 Å². The molecular weight excluding hydrogens is 283 g/mol. The van der Waals surface area contributed by atoms with Gasteiger partial charge in [-0.3, -0.25) is 0 Å². The summed E-state index contributed by atoms with van der Waals surface area (Å²) in [5.41, 5.74) is 0.651. The van der Waals surface area contributed by atoms with E-state index in [-0.39, 0.29) is 5.56 Å². The smallest absolute Gasteiger partial charge is 0.339 e. The fourth-order valence-corrected chi connectivity index (χ4v) is 2.50. The Hall–Kier alpha value is -1.00. The van der Waals surface area contributed by atoms with E-state index in [1.165, 1.54) is 0 Å². The SMILES string of the molecule is Cc1oc2cc(Cl)cc(Br)c2c1C(=O)O. The first kappa shape index (κ1) is 10.5. The Balaban J connectivity index is 2.93. The van der Waals surface area contributed by atoms with E-state index in [0.29, 0.717) is 26.2 Å². The van der Waals surface area contributed by atoms with E-state index in [9.17, 15) is 4.79 Å². The molecule has 3 nitrogen and oxygen atoms in total. The highest BCUT2D eigenvalue weighted by Crippen LogP contribution is 2.34. The zero-order valence-corrected chi connectivity index (χ0v) is 10.0. The number of rotatable bonds is 1. The highest BCUT2D eigenvalue weighted by atomic mass is 79.9. The number of carbonyl (C=O) groups is 1. The molecule has 5 heteroatoms. The highest BCUT2D eigenvalue weighted by Gasteiger charge is 2.19. The van der Waals surface area contributed by atoms with E-state index >= 15 is 0 Å². The lowest BCUT2D eigenvalue weighted by molar-refractivity contribution is 0.0697. The molecule has 2 aromatic rings. The third kappa shape index (κ3) is 1.64. The van der Waals surface area contributed by atoms with Crippen LogP contribution in [-0.4, -0.2) is 11.1 Å². The van der Waals surface area contributed by atoms with Crippen LogP contribution >= 0.6 is 27.5 Å². The second-order valence-electron chi connectivity index (χ2n) is 3.10. The van der Waals surface area contributed by atoms with Gasteiger partial charge in [0.25, 0.3) is 0 Å². The first-order valence-corrected chi connectivity index (χ1v) is 5.29. The van der Waals surface area contributed by atoms with Gasteiger partial charge < -0.3 is 9.52 Å². The van der Waals surface area contributed by atoms with Crippen molar-refractivity contribution in [1.82, 2.24) is 0 Å². The Labute approximate surface area is 98.8 Å². The van der Waals surface area contributed by atoms with Crippen molar-refractivity contribution < 1.29 is 14.3 Å². The number of hydrogen-bond acceptors (Lipinski definition) is 2. The summed E-state index contributed by atoms with van der Waals surface area (Å²) in [6.45, 7) is 1.61. The van der Waals surface area contributed by atoms with Crippen LogP contribution in [0.25, 0.3) is 11.0 Å². The van der Waals surface area contributed by atoms with Gasteiger partial charge in [-0.25, -0.2) is 4.79 Å². The number of carboxylic acids is 1. The van der Waals surface area contributed by atoms with Crippen LogP contribution in [0.1, 0.15) is 16.1 Å². The van der Waals surface area contributed by atoms with E-state index in [1.54, 1.807) is 19.1 Å². The topological polar surface area (TPSA) is 50.4 Å². The third-order valence-corrected chi connectivity index (χ3v) is 2.94. The van der Waals surface area contributed by atoms with Crippen molar-refractivity contribution in [3.63, 3.8) is 0 Å². The normalized spacial score (nSPS) is 10.9. The van der Waals surface area contributed by atoms with Gasteiger partial charge in [-0.15, -0.1) is 0 Å². The average Bonchev–Trinajstić information content (AvgIpc) is 2.40. The quantitative estimate of drug-likeness (QED) is 0.867. The van der Waals surface area contributed by atoms with E-state index in [0.717, 1.165) is 0 Å². The number of furan rings is 1. The molecule has 78 valence electrons. The zero-order valence-electron chi connectivity index (χ0n) is 7.67. The molecule has 0 radical (unpaired) electrons. The standard InChI is InChI=1S/C10H6BrClO3/c1-4-8(10(13)14)9-6(11)2-5(12)3-7(9)15-4/h2-3H,1H3,(H,13,14). The minimum Gasteiger partial charge on any atom is -0.478 e. The van der Waals surface area contributed by atoms with E-state index < -0.39 is 5.97 Å². The number of aromatic carboxylic acids is 1.